The molecule has 4 heteroatoms. The highest BCUT2D eigenvalue weighted by molar-refractivity contribution is 6.13. The van der Waals surface area contributed by atoms with Crippen LogP contribution in [0, 0.1) is 23.7 Å². The number of carbonyl (C=O) groups is 3. The number of rotatable bonds is 6. The Balaban J connectivity index is 3.18. The Kier molecular flexibility index (Phi) is 6.37. The van der Waals surface area contributed by atoms with Crippen LogP contribution >= 0.6 is 0 Å². The van der Waals surface area contributed by atoms with Crippen LogP contribution in [0.25, 0.3) is 0 Å². The van der Waals surface area contributed by atoms with E-state index in [1.807, 2.05) is 20.8 Å². The second-order valence-corrected chi connectivity index (χ2v) is 5.61. The van der Waals surface area contributed by atoms with Gasteiger partial charge in [0.15, 0.2) is 5.78 Å². The molecular weight excluding hydrogens is 256 g/mol. The lowest BCUT2D eigenvalue weighted by Crippen LogP contribution is -2.50. The van der Waals surface area contributed by atoms with Crippen LogP contribution in [-0.2, 0) is 19.1 Å². The molecule has 4 nitrogen and oxygen atoms in total. The Hall–Kier alpha value is -1.19. The van der Waals surface area contributed by atoms with E-state index in [1.165, 1.54) is 7.11 Å². The maximum atomic E-state index is 12.5. The lowest BCUT2D eigenvalue weighted by atomic mass is 9.63. The molecule has 1 aliphatic carbocycles. The van der Waals surface area contributed by atoms with E-state index in [4.69, 9.17) is 4.74 Å². The van der Waals surface area contributed by atoms with Crippen molar-refractivity contribution in [2.45, 2.75) is 52.9 Å². The first-order valence-electron chi connectivity index (χ1n) is 7.68. The van der Waals surface area contributed by atoms with E-state index in [9.17, 15) is 14.4 Å². The number of carbonyl (C=O) groups excluding carboxylic acids is 3. The predicted octanol–water partition coefficient (Wildman–Crippen LogP) is 2.79. The van der Waals surface area contributed by atoms with E-state index in [0.29, 0.717) is 6.42 Å². The molecule has 0 aromatic heterocycles. The summed E-state index contributed by atoms with van der Waals surface area (Å²) in [6.45, 7) is 5.87. The van der Waals surface area contributed by atoms with Gasteiger partial charge in [-0.1, -0.05) is 33.6 Å². The molecule has 0 amide bonds. The summed E-state index contributed by atoms with van der Waals surface area (Å²) in [7, 11) is 1.31. The molecule has 0 spiro atoms. The van der Waals surface area contributed by atoms with Gasteiger partial charge >= 0.3 is 5.97 Å². The summed E-state index contributed by atoms with van der Waals surface area (Å²) in [4.78, 5) is 37.0. The summed E-state index contributed by atoms with van der Waals surface area (Å²) < 4.78 is 4.82. The maximum absolute atomic E-state index is 12.5. The first-order chi connectivity index (χ1) is 9.53. The highest BCUT2D eigenvalue weighted by Gasteiger charge is 2.51. The Morgan fingerprint density at radius 2 is 1.65 bits per heavy atom. The molecule has 0 bridgehead atoms. The van der Waals surface area contributed by atoms with Crippen molar-refractivity contribution < 1.29 is 19.1 Å². The average Bonchev–Trinajstić information content (AvgIpc) is 2.43. The molecule has 0 aromatic carbocycles. The van der Waals surface area contributed by atoms with E-state index < -0.39 is 17.8 Å². The number of ether oxygens (including phenoxy) is 1. The second-order valence-electron chi connectivity index (χ2n) is 5.61. The fourth-order valence-electron chi connectivity index (χ4n) is 3.46. The highest BCUT2D eigenvalue weighted by Crippen LogP contribution is 2.40. The van der Waals surface area contributed by atoms with Gasteiger partial charge < -0.3 is 4.74 Å². The molecule has 20 heavy (non-hydrogen) atoms. The minimum atomic E-state index is -0.751. The normalized spacial score (nSPS) is 30.4. The summed E-state index contributed by atoms with van der Waals surface area (Å²) in [6.07, 6.45) is 3.69. The number of Topliss-reactive ketones (excluding diaryl/α,β-unsaturated/α-hetero) is 2. The molecule has 1 fully saturated rings. The summed E-state index contributed by atoms with van der Waals surface area (Å²) >= 11 is 0. The van der Waals surface area contributed by atoms with Crippen molar-refractivity contribution >= 4 is 17.5 Å². The molecular formula is C16H26O4. The molecule has 0 aliphatic heterocycles. The molecule has 1 rings (SSSR count). The van der Waals surface area contributed by atoms with Gasteiger partial charge in [0, 0.05) is 5.92 Å². The second kappa shape index (κ2) is 7.55. The number of hydrogen-bond acceptors (Lipinski definition) is 4. The Morgan fingerprint density at radius 3 is 2.10 bits per heavy atom. The summed E-state index contributed by atoms with van der Waals surface area (Å²) in [6, 6.07) is 0. The quantitative estimate of drug-likeness (QED) is 0.555. The third-order valence-electron chi connectivity index (χ3n) is 4.39. The average molecular weight is 282 g/mol. The van der Waals surface area contributed by atoms with Gasteiger partial charge in [-0.2, -0.15) is 0 Å². The van der Waals surface area contributed by atoms with Crippen molar-refractivity contribution in [2.75, 3.05) is 7.11 Å². The lowest BCUT2D eigenvalue weighted by Gasteiger charge is -2.38. The molecule has 0 aromatic rings. The monoisotopic (exact) mass is 282 g/mol. The standard InChI is InChI=1S/C16H26O4/c1-5-8-11-12(9-6-2)14(17)10(7-3)15(18)13(11)16(19)20-4/h10-13H,5-9H2,1-4H3. The van der Waals surface area contributed by atoms with Crippen LogP contribution in [0.4, 0.5) is 0 Å². The first-order valence-corrected chi connectivity index (χ1v) is 7.68. The number of esters is 1. The summed E-state index contributed by atoms with van der Waals surface area (Å²) in [5.74, 6) is -2.39. The molecule has 0 N–H and O–H groups in total. The van der Waals surface area contributed by atoms with Crippen LogP contribution in [0.15, 0.2) is 0 Å². The molecule has 0 radical (unpaired) electrons. The van der Waals surface area contributed by atoms with Gasteiger partial charge in [0.05, 0.1) is 13.0 Å². The molecule has 1 aliphatic rings. The van der Waals surface area contributed by atoms with Crippen molar-refractivity contribution in [1.82, 2.24) is 0 Å². The third kappa shape index (κ3) is 3.10. The van der Waals surface area contributed by atoms with Gasteiger partial charge in [-0.25, -0.2) is 0 Å². The summed E-state index contributed by atoms with van der Waals surface area (Å²) in [5, 5.41) is 0. The third-order valence-corrected chi connectivity index (χ3v) is 4.39. The van der Waals surface area contributed by atoms with Crippen LogP contribution in [0.1, 0.15) is 52.9 Å². The number of methoxy groups -OCH3 is 1. The lowest BCUT2D eigenvalue weighted by molar-refractivity contribution is -0.160. The summed E-state index contributed by atoms with van der Waals surface area (Å²) in [5.41, 5.74) is 0. The number of hydrogen-bond donors (Lipinski definition) is 0. The van der Waals surface area contributed by atoms with Crippen molar-refractivity contribution in [1.29, 1.82) is 0 Å². The van der Waals surface area contributed by atoms with Gasteiger partial charge in [-0.3, -0.25) is 14.4 Å². The smallest absolute Gasteiger partial charge is 0.316 e. The van der Waals surface area contributed by atoms with Gasteiger partial charge in [0.1, 0.15) is 11.7 Å². The van der Waals surface area contributed by atoms with Crippen LogP contribution in [0.5, 0.6) is 0 Å². The SMILES string of the molecule is CCCC1C(=O)C(CC)C(=O)C(C(=O)OC)C1CCC. The molecule has 0 saturated heterocycles. The minimum absolute atomic E-state index is 0.0398. The topological polar surface area (TPSA) is 60.4 Å². The van der Waals surface area contributed by atoms with Crippen molar-refractivity contribution in [3.63, 3.8) is 0 Å². The molecule has 114 valence electrons. The van der Waals surface area contributed by atoms with Gasteiger partial charge in [0.2, 0.25) is 0 Å². The fourth-order valence-corrected chi connectivity index (χ4v) is 3.46. The van der Waals surface area contributed by atoms with Gasteiger partial charge in [-0.15, -0.1) is 0 Å². The Bertz CT molecular complexity index is 375. The maximum Gasteiger partial charge on any atom is 0.316 e. The van der Waals surface area contributed by atoms with E-state index in [2.05, 4.69) is 0 Å². The van der Waals surface area contributed by atoms with E-state index >= 15 is 0 Å². The zero-order chi connectivity index (χ0) is 15.3. The van der Waals surface area contributed by atoms with Crippen LogP contribution in [0.2, 0.25) is 0 Å². The van der Waals surface area contributed by atoms with E-state index in [0.717, 1.165) is 25.7 Å². The molecule has 4 atom stereocenters. The largest absolute Gasteiger partial charge is 0.468 e. The number of ketones is 2. The van der Waals surface area contributed by atoms with E-state index in [-0.39, 0.29) is 23.4 Å². The van der Waals surface area contributed by atoms with Crippen molar-refractivity contribution in [2.24, 2.45) is 23.7 Å². The zero-order valence-corrected chi connectivity index (χ0v) is 13.0. The molecule has 4 unspecified atom stereocenters. The minimum Gasteiger partial charge on any atom is -0.468 e. The van der Waals surface area contributed by atoms with Gasteiger partial charge in [-0.05, 0) is 25.2 Å². The Labute approximate surface area is 121 Å². The van der Waals surface area contributed by atoms with Crippen molar-refractivity contribution in [3.8, 4) is 0 Å². The van der Waals surface area contributed by atoms with Crippen molar-refractivity contribution in [3.05, 3.63) is 0 Å². The molecule has 0 heterocycles. The zero-order valence-electron chi connectivity index (χ0n) is 13.0. The Morgan fingerprint density at radius 1 is 1.05 bits per heavy atom. The van der Waals surface area contributed by atoms with E-state index in [1.54, 1.807) is 0 Å². The van der Waals surface area contributed by atoms with Crippen LogP contribution < -0.4 is 0 Å². The molecule has 1 saturated carbocycles. The predicted molar refractivity (Wildman–Crippen MR) is 76.1 cm³/mol. The van der Waals surface area contributed by atoms with Gasteiger partial charge in [0.25, 0.3) is 0 Å². The van der Waals surface area contributed by atoms with Crippen LogP contribution in [0.3, 0.4) is 0 Å². The first kappa shape index (κ1) is 16.9. The fraction of sp³-hybridized carbons (Fsp3) is 0.812. The highest BCUT2D eigenvalue weighted by atomic mass is 16.5. The van der Waals surface area contributed by atoms with Crippen LogP contribution in [-0.4, -0.2) is 24.6 Å².